The second-order valence-corrected chi connectivity index (χ2v) is 9.81. The smallest absolute Gasteiger partial charge is 0.405 e. The van der Waals surface area contributed by atoms with Gasteiger partial charge in [-0.1, -0.05) is 39.0 Å². The summed E-state index contributed by atoms with van der Waals surface area (Å²) >= 11 is 0. The number of halogens is 3. The first kappa shape index (κ1) is 25.4. The van der Waals surface area contributed by atoms with Crippen molar-refractivity contribution in [2.24, 2.45) is 5.92 Å². The Hall–Kier alpha value is -0.630. The average molecular weight is 402 g/mol. The van der Waals surface area contributed by atoms with Gasteiger partial charge in [0.05, 0.1) is 27.8 Å². The molecule has 0 aromatic rings. The van der Waals surface area contributed by atoms with Gasteiger partial charge in [0.1, 0.15) is 6.04 Å². The first-order valence-electron chi connectivity index (χ1n) is 9.26. The predicted molar refractivity (Wildman–Crippen MR) is 99.0 cm³/mol. The van der Waals surface area contributed by atoms with Crippen LogP contribution in [0.4, 0.5) is 13.2 Å². The second-order valence-electron chi connectivity index (χ2n) is 7.81. The van der Waals surface area contributed by atoms with Crippen LogP contribution in [0.2, 0.25) is 0 Å². The molecule has 0 amide bonds. The van der Waals surface area contributed by atoms with Gasteiger partial charge in [0.2, 0.25) is 0 Å². The Morgan fingerprint density at radius 1 is 1.08 bits per heavy atom. The molecule has 156 valence electrons. The molecule has 0 saturated heterocycles. The number of alkyl halides is 3. The molecule has 0 spiro atoms. The highest BCUT2D eigenvalue weighted by Crippen LogP contribution is 2.31. The van der Waals surface area contributed by atoms with Crippen LogP contribution in [0, 0.1) is 5.92 Å². The fourth-order valence-corrected chi connectivity index (χ4v) is 3.26. The van der Waals surface area contributed by atoms with E-state index in [2.05, 4.69) is 4.72 Å². The van der Waals surface area contributed by atoms with Gasteiger partial charge in [0.25, 0.3) is 0 Å². The fraction of sp³-hybridized carbons (Fsp3) is 0.944. The number of nitrogens with one attached hydrogen (secondary N) is 1. The predicted octanol–water partition coefficient (Wildman–Crippen LogP) is 4.90. The molecule has 0 saturated carbocycles. The van der Waals surface area contributed by atoms with Gasteiger partial charge in [-0.15, -0.1) is 0 Å². The number of carbonyl (C=O) groups excluding carboxylic acids is 1. The zero-order chi connectivity index (χ0) is 20.5. The van der Waals surface area contributed by atoms with Crippen molar-refractivity contribution in [1.29, 1.82) is 0 Å². The largest absolute Gasteiger partial charge is 0.463 e. The molecule has 26 heavy (non-hydrogen) atoms. The van der Waals surface area contributed by atoms with E-state index in [1.807, 2.05) is 6.92 Å². The Labute approximate surface area is 158 Å². The van der Waals surface area contributed by atoms with E-state index in [1.54, 1.807) is 34.6 Å². The lowest BCUT2D eigenvalue weighted by molar-refractivity contribution is -0.181. The molecular formula is C18H34F3NO3S. The van der Waals surface area contributed by atoms with Gasteiger partial charge in [-0.05, 0) is 41.0 Å². The third-order valence-corrected chi connectivity index (χ3v) is 5.40. The van der Waals surface area contributed by atoms with Gasteiger partial charge < -0.3 is 4.74 Å². The van der Waals surface area contributed by atoms with E-state index in [0.29, 0.717) is 6.42 Å². The molecule has 4 nitrogen and oxygen atoms in total. The molecule has 8 heteroatoms. The first-order valence-corrected chi connectivity index (χ1v) is 10.4. The Morgan fingerprint density at radius 2 is 1.62 bits per heavy atom. The van der Waals surface area contributed by atoms with Crippen LogP contribution in [0.1, 0.15) is 80.1 Å². The van der Waals surface area contributed by atoms with Crippen molar-refractivity contribution < 1.29 is 26.9 Å². The summed E-state index contributed by atoms with van der Waals surface area (Å²) in [5, 5.41) is 0. The summed E-state index contributed by atoms with van der Waals surface area (Å²) in [6, 6.07) is -2.19. The second kappa shape index (κ2) is 11.3. The quantitative estimate of drug-likeness (QED) is 0.396. The van der Waals surface area contributed by atoms with Crippen LogP contribution in [0.5, 0.6) is 0 Å². The third kappa shape index (κ3) is 9.90. The molecule has 0 bridgehead atoms. The highest BCUT2D eigenvalue weighted by Gasteiger charge is 2.49. The molecule has 1 N–H and O–H groups in total. The van der Waals surface area contributed by atoms with E-state index in [1.165, 1.54) is 0 Å². The molecule has 3 atom stereocenters. The van der Waals surface area contributed by atoms with Crippen molar-refractivity contribution in [1.82, 2.24) is 4.72 Å². The molecule has 0 aliphatic rings. The van der Waals surface area contributed by atoms with Crippen molar-refractivity contribution in [3.63, 3.8) is 0 Å². The Bertz CT molecular complexity index is 448. The topological polar surface area (TPSA) is 55.4 Å². The maximum Gasteiger partial charge on any atom is 0.405 e. The third-order valence-electron chi connectivity index (χ3n) is 3.82. The summed E-state index contributed by atoms with van der Waals surface area (Å²) in [5.74, 6) is -2.30. The number of hydrogen-bond donors (Lipinski definition) is 1. The molecule has 0 aliphatic heterocycles. The summed E-state index contributed by atoms with van der Waals surface area (Å²) in [5.41, 5.74) is 0. The number of ether oxygens (including phenoxy) is 1. The van der Waals surface area contributed by atoms with Crippen LogP contribution in [0.15, 0.2) is 0 Å². The van der Waals surface area contributed by atoms with Crippen molar-refractivity contribution in [2.75, 3.05) is 0 Å². The van der Waals surface area contributed by atoms with Gasteiger partial charge in [-0.25, -0.2) is 8.93 Å². The van der Waals surface area contributed by atoms with E-state index < -0.39 is 45.9 Å². The van der Waals surface area contributed by atoms with Crippen molar-refractivity contribution >= 4 is 17.0 Å². The summed E-state index contributed by atoms with van der Waals surface area (Å²) < 4.78 is 59.5. The van der Waals surface area contributed by atoms with Gasteiger partial charge in [0.15, 0.2) is 0 Å². The molecule has 0 fully saturated rings. The minimum Gasteiger partial charge on any atom is -0.463 e. The molecule has 0 aliphatic carbocycles. The Kier molecular flexibility index (Phi) is 11.0. The van der Waals surface area contributed by atoms with Crippen LogP contribution in [0.3, 0.4) is 0 Å². The lowest BCUT2D eigenvalue weighted by atomic mass is 9.93. The van der Waals surface area contributed by atoms with Crippen LogP contribution in [-0.2, 0) is 20.5 Å². The maximum absolute atomic E-state index is 13.6. The zero-order valence-electron chi connectivity index (χ0n) is 16.7. The molecule has 0 aromatic heterocycles. The van der Waals surface area contributed by atoms with Gasteiger partial charge >= 0.3 is 12.1 Å². The normalized spacial score (nSPS) is 16.4. The van der Waals surface area contributed by atoms with E-state index in [4.69, 9.17) is 4.74 Å². The highest BCUT2D eigenvalue weighted by molar-refractivity contribution is 7.84. The maximum atomic E-state index is 13.6. The molecule has 0 radical (unpaired) electrons. The van der Waals surface area contributed by atoms with E-state index in [0.717, 1.165) is 25.7 Å². The van der Waals surface area contributed by atoms with E-state index in [-0.39, 0.29) is 6.42 Å². The molecular weight excluding hydrogens is 367 g/mol. The lowest BCUT2D eigenvalue weighted by Gasteiger charge is -2.31. The van der Waals surface area contributed by atoms with Gasteiger partial charge in [-0.2, -0.15) is 13.2 Å². The Morgan fingerprint density at radius 3 is 2.04 bits per heavy atom. The fourth-order valence-electron chi connectivity index (χ4n) is 2.38. The summed E-state index contributed by atoms with van der Waals surface area (Å²) in [6.45, 7) is 9.98. The number of rotatable bonds is 11. The molecule has 0 heterocycles. The van der Waals surface area contributed by atoms with Crippen LogP contribution in [0.25, 0.3) is 0 Å². The van der Waals surface area contributed by atoms with Crippen molar-refractivity contribution in [3.8, 4) is 0 Å². The lowest BCUT2D eigenvalue weighted by Crippen LogP contribution is -2.53. The molecule has 0 rings (SSSR count). The average Bonchev–Trinajstić information content (AvgIpc) is 2.46. The van der Waals surface area contributed by atoms with Gasteiger partial charge in [-0.3, -0.25) is 4.79 Å². The minimum absolute atomic E-state index is 0.0494. The minimum atomic E-state index is -4.70. The summed E-state index contributed by atoms with van der Waals surface area (Å²) in [6.07, 6.45) is -0.960. The SMILES string of the molecule is CCCCCCC[C@H](C(=O)OC(C)C)[C@H](N[S@@](=O)C(C)(C)C)C(F)(F)F. The van der Waals surface area contributed by atoms with Crippen LogP contribution in [-0.4, -0.2) is 33.2 Å². The number of hydrogen-bond acceptors (Lipinski definition) is 3. The monoisotopic (exact) mass is 401 g/mol. The molecule has 0 aromatic carbocycles. The summed E-state index contributed by atoms with van der Waals surface area (Å²) in [4.78, 5) is 12.3. The van der Waals surface area contributed by atoms with E-state index >= 15 is 0 Å². The molecule has 0 unspecified atom stereocenters. The van der Waals surface area contributed by atoms with Gasteiger partial charge in [0, 0.05) is 0 Å². The van der Waals surface area contributed by atoms with Crippen LogP contribution >= 0.6 is 0 Å². The van der Waals surface area contributed by atoms with E-state index in [9.17, 15) is 22.2 Å². The zero-order valence-corrected chi connectivity index (χ0v) is 17.6. The van der Waals surface area contributed by atoms with Crippen LogP contribution < -0.4 is 4.72 Å². The number of esters is 1. The highest BCUT2D eigenvalue weighted by atomic mass is 32.2. The number of unbranched alkanes of at least 4 members (excludes halogenated alkanes) is 4. The summed E-state index contributed by atoms with van der Waals surface area (Å²) in [7, 11) is -1.95. The number of carbonyl (C=O) groups is 1. The van der Waals surface area contributed by atoms with Crippen molar-refractivity contribution in [2.45, 2.75) is 103 Å². The van der Waals surface area contributed by atoms with Crippen molar-refractivity contribution in [3.05, 3.63) is 0 Å². The standard InChI is InChI=1S/C18H34F3NO3S/c1-7-8-9-10-11-12-14(16(23)25-13(2)3)15(18(19,20)21)22-26(24)17(4,5)6/h13-15,22H,7-12H2,1-6H3/t14-,15-,26-/m0/s1. The first-order chi connectivity index (χ1) is 11.8. The Balaban J connectivity index is 5.36.